The van der Waals surface area contributed by atoms with Crippen molar-refractivity contribution in [3.8, 4) is 28.3 Å². The SMILES string of the molecule is N#Cc1c(N)nc2c(c1-c1ccc(-c3ccccc3)cc1)CCCCC2. The van der Waals surface area contributed by atoms with Crippen LogP contribution in [-0.2, 0) is 12.8 Å². The molecule has 0 saturated heterocycles. The van der Waals surface area contributed by atoms with Gasteiger partial charge in [0.05, 0.1) is 0 Å². The van der Waals surface area contributed by atoms with Crippen molar-refractivity contribution in [1.29, 1.82) is 5.26 Å². The van der Waals surface area contributed by atoms with Crippen LogP contribution in [0.15, 0.2) is 54.6 Å². The number of aromatic nitrogens is 1. The molecule has 0 radical (unpaired) electrons. The quantitative estimate of drug-likeness (QED) is 0.658. The van der Waals surface area contributed by atoms with Crippen LogP contribution >= 0.6 is 0 Å². The van der Waals surface area contributed by atoms with Gasteiger partial charge in [0.1, 0.15) is 17.5 Å². The van der Waals surface area contributed by atoms with Gasteiger partial charge in [-0.25, -0.2) is 4.98 Å². The third-order valence-electron chi connectivity index (χ3n) is 5.14. The zero-order valence-corrected chi connectivity index (χ0v) is 14.7. The number of nitrogens with two attached hydrogens (primary N) is 1. The topological polar surface area (TPSA) is 62.7 Å². The number of fused-ring (bicyclic) bond motifs is 1. The summed E-state index contributed by atoms with van der Waals surface area (Å²) in [5, 5.41) is 9.70. The van der Waals surface area contributed by atoms with Crippen LogP contribution in [0.25, 0.3) is 22.3 Å². The van der Waals surface area contributed by atoms with E-state index in [1.807, 2.05) is 18.2 Å². The Hall–Kier alpha value is -3.12. The predicted octanol–water partition coefficient (Wildman–Crippen LogP) is 5.14. The summed E-state index contributed by atoms with van der Waals surface area (Å²) in [4.78, 5) is 4.55. The third kappa shape index (κ3) is 2.95. The number of hydrogen-bond acceptors (Lipinski definition) is 3. The van der Waals surface area contributed by atoms with Crippen molar-refractivity contribution in [3.63, 3.8) is 0 Å². The summed E-state index contributed by atoms with van der Waals surface area (Å²) in [6.07, 6.45) is 5.38. The number of nitriles is 1. The van der Waals surface area contributed by atoms with Crippen molar-refractivity contribution in [1.82, 2.24) is 4.98 Å². The molecule has 0 fully saturated rings. The number of rotatable bonds is 2. The fourth-order valence-electron chi connectivity index (χ4n) is 3.83. The molecule has 0 bridgehead atoms. The van der Waals surface area contributed by atoms with E-state index in [1.165, 1.54) is 23.1 Å². The van der Waals surface area contributed by atoms with Crippen molar-refractivity contribution < 1.29 is 0 Å². The summed E-state index contributed by atoms with van der Waals surface area (Å²) in [6, 6.07) is 21.0. The lowest BCUT2D eigenvalue weighted by Crippen LogP contribution is -2.06. The molecule has 1 aliphatic rings. The Kier molecular flexibility index (Phi) is 4.41. The first-order chi connectivity index (χ1) is 12.8. The van der Waals surface area contributed by atoms with E-state index in [2.05, 4.69) is 47.5 Å². The highest BCUT2D eigenvalue weighted by Gasteiger charge is 2.21. The molecule has 0 atom stereocenters. The first kappa shape index (κ1) is 16.4. The van der Waals surface area contributed by atoms with Gasteiger partial charge in [-0.05, 0) is 47.9 Å². The Labute approximate surface area is 154 Å². The average molecular weight is 339 g/mol. The van der Waals surface area contributed by atoms with E-state index in [1.54, 1.807) is 0 Å². The van der Waals surface area contributed by atoms with Gasteiger partial charge >= 0.3 is 0 Å². The molecule has 3 aromatic rings. The molecule has 2 aromatic carbocycles. The Bertz CT molecular complexity index is 967. The molecule has 26 heavy (non-hydrogen) atoms. The number of nitrogens with zero attached hydrogens (tertiary/aromatic N) is 2. The fourth-order valence-corrected chi connectivity index (χ4v) is 3.83. The van der Waals surface area contributed by atoms with E-state index in [0.29, 0.717) is 11.4 Å². The van der Waals surface area contributed by atoms with Crippen molar-refractivity contribution >= 4 is 5.82 Å². The van der Waals surface area contributed by atoms with Crippen molar-refractivity contribution in [2.45, 2.75) is 32.1 Å². The molecule has 0 aliphatic heterocycles. The average Bonchev–Trinajstić information content (AvgIpc) is 2.93. The molecule has 128 valence electrons. The lowest BCUT2D eigenvalue weighted by molar-refractivity contribution is 0.709. The number of anilines is 1. The Balaban J connectivity index is 1.85. The molecule has 1 aromatic heterocycles. The highest BCUT2D eigenvalue weighted by molar-refractivity contribution is 5.80. The first-order valence-electron chi connectivity index (χ1n) is 9.15. The second kappa shape index (κ2) is 7.01. The second-order valence-electron chi connectivity index (χ2n) is 6.79. The van der Waals surface area contributed by atoms with E-state index in [-0.39, 0.29) is 0 Å². The molecule has 4 rings (SSSR count). The smallest absolute Gasteiger partial charge is 0.142 e. The van der Waals surface area contributed by atoms with Crippen molar-refractivity contribution in [3.05, 3.63) is 71.4 Å². The monoisotopic (exact) mass is 339 g/mol. The minimum Gasteiger partial charge on any atom is -0.383 e. The van der Waals surface area contributed by atoms with E-state index in [0.717, 1.165) is 42.5 Å². The lowest BCUT2D eigenvalue weighted by Gasteiger charge is -2.16. The standard InChI is InChI=1S/C23H21N3/c24-15-20-22(19-9-5-2-6-10-21(19)26-23(20)25)18-13-11-17(12-14-18)16-7-3-1-4-8-16/h1,3-4,7-8,11-14H,2,5-6,9-10H2,(H2,25,26). The molecule has 0 unspecified atom stereocenters. The molecule has 3 heteroatoms. The zero-order valence-electron chi connectivity index (χ0n) is 14.7. The highest BCUT2D eigenvalue weighted by Crippen LogP contribution is 2.36. The van der Waals surface area contributed by atoms with Gasteiger partial charge in [0.15, 0.2) is 0 Å². The summed E-state index contributed by atoms with van der Waals surface area (Å²) in [5.41, 5.74) is 13.3. The molecular weight excluding hydrogens is 318 g/mol. The number of pyridine rings is 1. The van der Waals surface area contributed by atoms with Crippen LogP contribution in [0.1, 0.15) is 36.1 Å². The molecule has 1 aliphatic carbocycles. The zero-order chi connectivity index (χ0) is 17.9. The lowest BCUT2D eigenvalue weighted by atomic mass is 9.91. The number of hydrogen-bond donors (Lipinski definition) is 1. The maximum atomic E-state index is 9.70. The third-order valence-corrected chi connectivity index (χ3v) is 5.14. The number of nitrogen functional groups attached to an aromatic ring is 1. The van der Waals surface area contributed by atoms with Crippen molar-refractivity contribution in [2.75, 3.05) is 5.73 Å². The molecule has 1 heterocycles. The van der Waals surface area contributed by atoms with Crippen LogP contribution in [0.3, 0.4) is 0 Å². The molecular formula is C23H21N3. The minimum atomic E-state index is 0.357. The van der Waals surface area contributed by atoms with Gasteiger partial charge in [-0.1, -0.05) is 61.0 Å². The van der Waals surface area contributed by atoms with Gasteiger partial charge in [0, 0.05) is 11.3 Å². The van der Waals surface area contributed by atoms with Crippen LogP contribution in [0.2, 0.25) is 0 Å². The molecule has 0 spiro atoms. The number of benzene rings is 2. The Morgan fingerprint density at radius 3 is 2.19 bits per heavy atom. The van der Waals surface area contributed by atoms with Gasteiger partial charge in [0.2, 0.25) is 0 Å². The maximum Gasteiger partial charge on any atom is 0.142 e. The molecule has 0 saturated carbocycles. The van der Waals surface area contributed by atoms with Gasteiger partial charge in [0.25, 0.3) is 0 Å². The van der Waals surface area contributed by atoms with E-state index in [9.17, 15) is 5.26 Å². The molecule has 0 amide bonds. The molecule has 2 N–H and O–H groups in total. The largest absolute Gasteiger partial charge is 0.383 e. The first-order valence-corrected chi connectivity index (χ1v) is 9.15. The van der Waals surface area contributed by atoms with Crippen LogP contribution in [0.4, 0.5) is 5.82 Å². The second-order valence-corrected chi connectivity index (χ2v) is 6.79. The van der Waals surface area contributed by atoms with Crippen molar-refractivity contribution in [2.24, 2.45) is 0 Å². The minimum absolute atomic E-state index is 0.357. The van der Waals surface area contributed by atoms with Gasteiger partial charge < -0.3 is 5.73 Å². The van der Waals surface area contributed by atoms with Gasteiger partial charge in [-0.2, -0.15) is 5.26 Å². The summed E-state index contributed by atoms with van der Waals surface area (Å²) in [6.45, 7) is 0. The number of aryl methyl sites for hydroxylation is 1. The van der Waals surface area contributed by atoms with E-state index >= 15 is 0 Å². The Morgan fingerprint density at radius 2 is 1.46 bits per heavy atom. The van der Waals surface area contributed by atoms with Crippen LogP contribution in [0, 0.1) is 11.3 Å². The highest BCUT2D eigenvalue weighted by atomic mass is 14.9. The molecule has 3 nitrogen and oxygen atoms in total. The van der Waals surface area contributed by atoms with Crippen LogP contribution < -0.4 is 5.73 Å². The maximum absolute atomic E-state index is 9.70. The Morgan fingerprint density at radius 1 is 0.808 bits per heavy atom. The van der Waals surface area contributed by atoms with E-state index in [4.69, 9.17) is 5.73 Å². The van der Waals surface area contributed by atoms with Crippen LogP contribution in [-0.4, -0.2) is 4.98 Å². The normalized spacial score (nSPS) is 13.5. The summed E-state index contributed by atoms with van der Waals surface area (Å²) in [5.74, 6) is 0.357. The fraction of sp³-hybridized carbons (Fsp3) is 0.217. The van der Waals surface area contributed by atoms with Gasteiger partial charge in [-0.15, -0.1) is 0 Å². The summed E-state index contributed by atoms with van der Waals surface area (Å²) in [7, 11) is 0. The summed E-state index contributed by atoms with van der Waals surface area (Å²) >= 11 is 0. The van der Waals surface area contributed by atoms with Gasteiger partial charge in [-0.3, -0.25) is 0 Å². The predicted molar refractivity (Wildman–Crippen MR) is 105 cm³/mol. The van der Waals surface area contributed by atoms with E-state index < -0.39 is 0 Å². The van der Waals surface area contributed by atoms with Crippen LogP contribution in [0.5, 0.6) is 0 Å². The summed E-state index contributed by atoms with van der Waals surface area (Å²) < 4.78 is 0.